The lowest BCUT2D eigenvalue weighted by molar-refractivity contribution is -0.119. The lowest BCUT2D eigenvalue weighted by Gasteiger charge is -2.18. The maximum atomic E-state index is 11.9. The maximum absolute atomic E-state index is 11.9. The third kappa shape index (κ3) is 3.72. The van der Waals surface area contributed by atoms with Crippen molar-refractivity contribution in [3.8, 4) is 0 Å². The van der Waals surface area contributed by atoms with E-state index in [1.165, 1.54) is 0 Å². The van der Waals surface area contributed by atoms with E-state index in [0.29, 0.717) is 5.75 Å². The van der Waals surface area contributed by atoms with Crippen molar-refractivity contribution in [1.29, 1.82) is 0 Å². The fourth-order valence-corrected chi connectivity index (χ4v) is 2.43. The molecule has 0 aliphatic rings. The first-order chi connectivity index (χ1) is 9.37. The Hall–Kier alpha value is -1.56. The van der Waals surface area contributed by atoms with Gasteiger partial charge in [-0.2, -0.15) is 0 Å². The minimum Gasteiger partial charge on any atom is -0.346 e. The minimum atomic E-state index is -0.166. The van der Waals surface area contributed by atoms with Crippen molar-refractivity contribution >= 4 is 23.3 Å². The van der Waals surface area contributed by atoms with Crippen LogP contribution in [0, 0.1) is 0 Å². The summed E-state index contributed by atoms with van der Waals surface area (Å²) in [6.45, 7) is 8.21. The van der Waals surface area contributed by atoms with Gasteiger partial charge in [0.1, 0.15) is 0 Å². The van der Waals surface area contributed by atoms with Gasteiger partial charge in [0.2, 0.25) is 5.91 Å². The number of pyridine rings is 1. The summed E-state index contributed by atoms with van der Waals surface area (Å²) in [6.07, 6.45) is 1.90. The fourth-order valence-electron chi connectivity index (χ4n) is 1.78. The summed E-state index contributed by atoms with van der Waals surface area (Å²) < 4.78 is 1.98. The molecule has 1 N–H and O–H groups in total. The molecular formula is C14H20N4OS. The molecule has 1 unspecified atom stereocenters. The van der Waals surface area contributed by atoms with Crippen LogP contribution in [-0.4, -0.2) is 31.0 Å². The molecule has 2 aromatic rings. The lowest BCUT2D eigenvalue weighted by atomic mass is 10.3. The highest BCUT2D eigenvalue weighted by Crippen LogP contribution is 2.22. The number of carbonyl (C=O) groups excluding carboxylic acids is 1. The average Bonchev–Trinajstić information content (AvgIpc) is 2.79. The molecule has 1 amide bonds. The third-order valence-electron chi connectivity index (χ3n) is 2.74. The number of hydrogen-bond acceptors (Lipinski definition) is 4. The van der Waals surface area contributed by atoms with E-state index in [4.69, 9.17) is 0 Å². The first kappa shape index (κ1) is 14.8. The average molecular weight is 292 g/mol. The Balaban J connectivity index is 2.01. The second-order valence-corrected chi connectivity index (χ2v) is 7.48. The molecule has 2 aromatic heterocycles. The fraction of sp³-hybridized carbons (Fsp3) is 0.500. The number of nitrogens with zero attached hydrogens (tertiary/aromatic N) is 3. The molecule has 2 rings (SSSR count). The molecule has 2 heterocycles. The highest BCUT2D eigenvalue weighted by molar-refractivity contribution is 8.01. The van der Waals surface area contributed by atoms with E-state index in [1.54, 1.807) is 11.8 Å². The molecule has 0 radical (unpaired) electrons. The second-order valence-electron chi connectivity index (χ2n) is 5.68. The number of rotatable bonds is 4. The number of carbonyl (C=O) groups is 1. The molecule has 0 aliphatic heterocycles. The molecule has 0 bridgehead atoms. The molecule has 5 nitrogen and oxygen atoms in total. The predicted octanol–water partition coefficient (Wildman–Crippen LogP) is 2.44. The van der Waals surface area contributed by atoms with Gasteiger partial charge in [0.05, 0.1) is 11.8 Å². The summed E-state index contributed by atoms with van der Waals surface area (Å²) in [6, 6.07) is 5.56. The predicted molar refractivity (Wildman–Crippen MR) is 81.8 cm³/mol. The molecule has 6 heteroatoms. The van der Waals surface area contributed by atoms with E-state index in [1.807, 2.05) is 35.7 Å². The Morgan fingerprint density at radius 3 is 2.85 bits per heavy atom. The van der Waals surface area contributed by atoms with Gasteiger partial charge in [-0.05, 0) is 19.1 Å². The van der Waals surface area contributed by atoms with E-state index in [9.17, 15) is 4.79 Å². The molecule has 1 atom stereocenters. The molecular weight excluding hydrogens is 272 g/mol. The summed E-state index contributed by atoms with van der Waals surface area (Å²) in [7, 11) is 0. The van der Waals surface area contributed by atoms with Crippen LogP contribution < -0.4 is 5.32 Å². The highest BCUT2D eigenvalue weighted by atomic mass is 32.2. The Kier molecular flexibility index (Phi) is 4.32. The van der Waals surface area contributed by atoms with Gasteiger partial charge < -0.3 is 5.32 Å². The van der Waals surface area contributed by atoms with Crippen LogP contribution in [0.15, 0.2) is 24.4 Å². The van der Waals surface area contributed by atoms with E-state index in [0.717, 1.165) is 11.5 Å². The standard InChI is InChI=1S/C14H20N4OS/c1-10(15-12(19)9-20-14(2,3)4)13-17-16-11-7-5-6-8-18(11)13/h5-8,10H,9H2,1-4H3,(H,15,19). The Labute approximate surface area is 123 Å². The Morgan fingerprint density at radius 1 is 1.40 bits per heavy atom. The Bertz CT molecular complexity index is 602. The summed E-state index contributed by atoms with van der Waals surface area (Å²) in [5.41, 5.74) is 0.785. The van der Waals surface area contributed by atoms with Crippen LogP contribution in [0.25, 0.3) is 5.65 Å². The van der Waals surface area contributed by atoms with Crippen molar-refractivity contribution in [2.45, 2.75) is 38.5 Å². The molecule has 0 saturated heterocycles. The smallest absolute Gasteiger partial charge is 0.230 e. The SMILES string of the molecule is CC(NC(=O)CSC(C)(C)C)c1nnc2ccccn12. The largest absolute Gasteiger partial charge is 0.346 e. The second kappa shape index (κ2) is 5.83. The van der Waals surface area contributed by atoms with Crippen LogP contribution in [0.3, 0.4) is 0 Å². The quantitative estimate of drug-likeness (QED) is 0.940. The monoisotopic (exact) mass is 292 g/mol. The Morgan fingerprint density at radius 2 is 2.15 bits per heavy atom. The van der Waals surface area contributed by atoms with Crippen molar-refractivity contribution in [3.63, 3.8) is 0 Å². The normalized spacial score (nSPS) is 13.4. The summed E-state index contributed by atoms with van der Waals surface area (Å²) in [5.74, 6) is 1.21. The molecule has 0 aliphatic carbocycles. The number of thioether (sulfide) groups is 1. The van der Waals surface area contributed by atoms with Gasteiger partial charge in [0, 0.05) is 10.9 Å². The van der Waals surface area contributed by atoms with Gasteiger partial charge in [0.15, 0.2) is 11.5 Å². The molecule has 0 aromatic carbocycles. The number of aromatic nitrogens is 3. The van der Waals surface area contributed by atoms with E-state index < -0.39 is 0 Å². The van der Waals surface area contributed by atoms with Gasteiger partial charge >= 0.3 is 0 Å². The van der Waals surface area contributed by atoms with Crippen molar-refractivity contribution in [2.24, 2.45) is 0 Å². The first-order valence-electron chi connectivity index (χ1n) is 6.60. The van der Waals surface area contributed by atoms with E-state index in [-0.39, 0.29) is 16.7 Å². The topological polar surface area (TPSA) is 59.3 Å². The summed E-state index contributed by atoms with van der Waals surface area (Å²) in [5, 5.41) is 11.2. The highest BCUT2D eigenvalue weighted by Gasteiger charge is 2.18. The zero-order chi connectivity index (χ0) is 14.8. The molecule has 20 heavy (non-hydrogen) atoms. The van der Waals surface area contributed by atoms with E-state index in [2.05, 4.69) is 36.3 Å². The van der Waals surface area contributed by atoms with Gasteiger partial charge in [-0.25, -0.2) is 0 Å². The summed E-state index contributed by atoms with van der Waals surface area (Å²) >= 11 is 1.63. The zero-order valence-electron chi connectivity index (χ0n) is 12.3. The van der Waals surface area contributed by atoms with E-state index >= 15 is 0 Å². The van der Waals surface area contributed by atoms with Crippen molar-refractivity contribution in [1.82, 2.24) is 19.9 Å². The number of nitrogens with one attached hydrogen (secondary N) is 1. The van der Waals surface area contributed by atoms with Gasteiger partial charge in [-0.1, -0.05) is 26.8 Å². The number of hydrogen-bond donors (Lipinski definition) is 1. The van der Waals surface area contributed by atoms with Crippen LogP contribution >= 0.6 is 11.8 Å². The van der Waals surface area contributed by atoms with Crippen LogP contribution in [0.5, 0.6) is 0 Å². The maximum Gasteiger partial charge on any atom is 0.230 e. The molecule has 0 fully saturated rings. The minimum absolute atomic E-state index is 0.0186. The lowest BCUT2D eigenvalue weighted by Crippen LogP contribution is -2.30. The number of fused-ring (bicyclic) bond motifs is 1. The molecule has 108 valence electrons. The van der Waals surface area contributed by atoms with Gasteiger partial charge in [0.25, 0.3) is 0 Å². The van der Waals surface area contributed by atoms with Crippen LogP contribution in [-0.2, 0) is 4.79 Å². The van der Waals surface area contributed by atoms with Crippen LogP contribution in [0.4, 0.5) is 0 Å². The molecule has 0 saturated carbocycles. The third-order valence-corrected chi connectivity index (χ3v) is 4.01. The zero-order valence-corrected chi connectivity index (χ0v) is 13.1. The summed E-state index contributed by atoms with van der Waals surface area (Å²) in [4.78, 5) is 11.9. The van der Waals surface area contributed by atoms with Crippen molar-refractivity contribution in [2.75, 3.05) is 5.75 Å². The van der Waals surface area contributed by atoms with Crippen molar-refractivity contribution in [3.05, 3.63) is 30.2 Å². The van der Waals surface area contributed by atoms with Crippen molar-refractivity contribution < 1.29 is 4.79 Å². The molecule has 0 spiro atoms. The number of amides is 1. The van der Waals surface area contributed by atoms with Crippen LogP contribution in [0.1, 0.15) is 39.6 Å². The first-order valence-corrected chi connectivity index (χ1v) is 7.58. The van der Waals surface area contributed by atoms with Gasteiger partial charge in [-0.15, -0.1) is 22.0 Å². The van der Waals surface area contributed by atoms with Crippen LogP contribution in [0.2, 0.25) is 0 Å². The van der Waals surface area contributed by atoms with Gasteiger partial charge in [-0.3, -0.25) is 9.20 Å².